The molecule has 0 bridgehead atoms. The summed E-state index contributed by atoms with van der Waals surface area (Å²) < 4.78 is 26.5. The summed E-state index contributed by atoms with van der Waals surface area (Å²) in [7, 11) is 0. The first-order valence-electron chi connectivity index (χ1n) is 11.2. The quantitative estimate of drug-likeness (QED) is 0.244. The van der Waals surface area contributed by atoms with Crippen LogP contribution in [0.3, 0.4) is 0 Å². The predicted molar refractivity (Wildman–Crippen MR) is 144 cm³/mol. The third-order valence-corrected chi connectivity index (χ3v) is 6.50. The van der Waals surface area contributed by atoms with E-state index < -0.39 is 17.8 Å². The molecule has 1 saturated heterocycles. The second-order valence-corrected chi connectivity index (χ2v) is 9.84. The fourth-order valence-corrected chi connectivity index (χ4v) is 4.82. The van der Waals surface area contributed by atoms with Gasteiger partial charge in [-0.05, 0) is 95.0 Å². The van der Waals surface area contributed by atoms with Gasteiger partial charge in [-0.1, -0.05) is 28.1 Å². The van der Waals surface area contributed by atoms with Crippen molar-refractivity contribution in [1.82, 2.24) is 5.32 Å². The van der Waals surface area contributed by atoms with Gasteiger partial charge in [0.25, 0.3) is 11.8 Å². The Hall–Kier alpha value is -3.50. The number of ether oxygens (including phenoxy) is 2. The number of amides is 4. The average Bonchev–Trinajstić information content (AvgIpc) is 2.83. The minimum atomic E-state index is -0.824. The van der Waals surface area contributed by atoms with E-state index in [1.807, 2.05) is 0 Å². The summed E-state index contributed by atoms with van der Waals surface area (Å²) >= 11 is 6.83. The molecular weight excluding hydrogens is 611 g/mol. The fourth-order valence-electron chi connectivity index (χ4n) is 3.77. The van der Waals surface area contributed by atoms with Crippen molar-refractivity contribution in [2.45, 2.75) is 20.5 Å². The van der Waals surface area contributed by atoms with E-state index in [0.717, 1.165) is 9.37 Å². The van der Waals surface area contributed by atoms with Gasteiger partial charge in [-0.15, -0.1) is 0 Å². The molecule has 0 aromatic heterocycles. The van der Waals surface area contributed by atoms with E-state index in [1.54, 1.807) is 56.3 Å². The molecule has 0 radical (unpaired) electrons. The molecule has 1 aliphatic heterocycles. The highest BCUT2D eigenvalue weighted by atomic mass is 79.9. The van der Waals surface area contributed by atoms with Gasteiger partial charge in [-0.25, -0.2) is 14.1 Å². The first-order chi connectivity index (χ1) is 17.7. The Kier molecular flexibility index (Phi) is 8.09. The molecule has 3 aromatic carbocycles. The zero-order chi connectivity index (χ0) is 26.7. The lowest BCUT2D eigenvalue weighted by Gasteiger charge is -2.27. The van der Waals surface area contributed by atoms with Crippen LogP contribution in [-0.4, -0.2) is 24.5 Å². The van der Waals surface area contributed by atoms with Crippen molar-refractivity contribution >= 4 is 61.5 Å². The van der Waals surface area contributed by atoms with Crippen LogP contribution >= 0.6 is 31.9 Å². The molecule has 0 unspecified atom stereocenters. The number of carbonyl (C=O) groups excluding carboxylic acids is 3. The summed E-state index contributed by atoms with van der Waals surface area (Å²) in [5.41, 5.74) is 1.92. The maximum atomic E-state index is 13.5. The molecule has 4 rings (SSSR count). The Bertz CT molecular complexity index is 1440. The Labute approximate surface area is 229 Å². The Balaban J connectivity index is 1.67. The van der Waals surface area contributed by atoms with Crippen molar-refractivity contribution in [2.24, 2.45) is 0 Å². The van der Waals surface area contributed by atoms with E-state index in [0.29, 0.717) is 45.0 Å². The van der Waals surface area contributed by atoms with E-state index in [4.69, 9.17) is 9.47 Å². The number of rotatable bonds is 7. The molecule has 0 atom stereocenters. The van der Waals surface area contributed by atoms with Crippen molar-refractivity contribution < 1.29 is 28.2 Å². The second-order valence-electron chi connectivity index (χ2n) is 8.07. The van der Waals surface area contributed by atoms with Crippen LogP contribution < -0.4 is 19.7 Å². The van der Waals surface area contributed by atoms with Gasteiger partial charge in [0.05, 0.1) is 16.8 Å². The molecule has 0 spiro atoms. The zero-order valence-corrected chi connectivity index (χ0v) is 23.0. The number of nitrogens with one attached hydrogen (secondary N) is 1. The Morgan fingerprint density at radius 3 is 2.51 bits per heavy atom. The molecule has 1 N–H and O–H groups in total. The minimum absolute atomic E-state index is 0.0986. The van der Waals surface area contributed by atoms with E-state index in [9.17, 15) is 18.8 Å². The third kappa shape index (κ3) is 5.91. The van der Waals surface area contributed by atoms with Gasteiger partial charge in [-0.2, -0.15) is 0 Å². The van der Waals surface area contributed by atoms with Crippen LogP contribution in [0.15, 0.2) is 69.1 Å². The number of benzene rings is 3. The van der Waals surface area contributed by atoms with Gasteiger partial charge in [0.1, 0.15) is 18.0 Å². The average molecular weight is 632 g/mol. The number of hydrogen-bond acceptors (Lipinski definition) is 5. The maximum Gasteiger partial charge on any atom is 0.335 e. The van der Waals surface area contributed by atoms with Gasteiger partial charge in [-0.3, -0.25) is 14.9 Å². The monoisotopic (exact) mass is 630 g/mol. The van der Waals surface area contributed by atoms with Crippen molar-refractivity contribution in [1.29, 1.82) is 0 Å². The summed E-state index contributed by atoms with van der Waals surface area (Å²) in [5, 5.41) is 2.23. The number of halogens is 3. The van der Waals surface area contributed by atoms with Gasteiger partial charge < -0.3 is 9.47 Å². The number of anilines is 1. The lowest BCUT2D eigenvalue weighted by Crippen LogP contribution is -2.54. The summed E-state index contributed by atoms with van der Waals surface area (Å²) in [4.78, 5) is 39.4. The molecular formula is C27H21Br2FN2O5. The molecule has 37 heavy (non-hydrogen) atoms. The molecule has 0 saturated carbocycles. The molecule has 10 heteroatoms. The topological polar surface area (TPSA) is 84.9 Å². The van der Waals surface area contributed by atoms with Crippen LogP contribution in [0.4, 0.5) is 14.9 Å². The summed E-state index contributed by atoms with van der Waals surface area (Å²) in [6.07, 6.45) is 1.38. The fraction of sp³-hybridized carbons (Fsp3) is 0.148. The smallest absolute Gasteiger partial charge is 0.335 e. The Morgan fingerprint density at radius 2 is 1.81 bits per heavy atom. The lowest BCUT2D eigenvalue weighted by atomic mass is 10.1. The molecule has 1 fully saturated rings. The van der Waals surface area contributed by atoms with Gasteiger partial charge in [0.15, 0.2) is 11.5 Å². The number of carbonyl (C=O) groups is 3. The van der Waals surface area contributed by atoms with Gasteiger partial charge in [0.2, 0.25) is 0 Å². The SMILES string of the molecule is CCOc1cc(/C=C2/C(=O)NC(=O)N(c3ccc(Br)cc3C)C2=O)cc(Br)c1OCc1cccc(F)c1. The molecule has 1 aliphatic rings. The van der Waals surface area contributed by atoms with Crippen LogP contribution in [0.2, 0.25) is 0 Å². The molecule has 3 aromatic rings. The second kappa shape index (κ2) is 11.3. The Morgan fingerprint density at radius 1 is 1.03 bits per heavy atom. The lowest BCUT2D eigenvalue weighted by molar-refractivity contribution is -0.122. The van der Waals surface area contributed by atoms with E-state index in [-0.39, 0.29) is 18.0 Å². The van der Waals surface area contributed by atoms with Crippen LogP contribution in [-0.2, 0) is 16.2 Å². The van der Waals surface area contributed by atoms with Crippen LogP contribution in [0.1, 0.15) is 23.6 Å². The number of hydrogen-bond donors (Lipinski definition) is 1. The number of nitrogens with zero attached hydrogens (tertiary/aromatic N) is 1. The van der Waals surface area contributed by atoms with Crippen LogP contribution in [0.25, 0.3) is 6.08 Å². The number of barbiturate groups is 1. The van der Waals surface area contributed by atoms with Crippen LogP contribution in [0.5, 0.6) is 11.5 Å². The molecule has 0 aliphatic carbocycles. The highest BCUT2D eigenvalue weighted by molar-refractivity contribution is 9.10. The highest BCUT2D eigenvalue weighted by Gasteiger charge is 2.37. The third-order valence-electron chi connectivity index (χ3n) is 5.42. The van der Waals surface area contributed by atoms with Crippen molar-refractivity contribution in [3.63, 3.8) is 0 Å². The predicted octanol–water partition coefficient (Wildman–Crippen LogP) is 6.30. The molecule has 190 valence electrons. The standard InChI is InChI=1S/C27H21Br2FN2O5/c1-3-36-23-13-17(12-21(29)24(23)37-14-16-5-4-6-19(30)10-16)11-20-25(33)31-27(35)32(26(20)34)22-8-7-18(28)9-15(22)2/h4-13H,3,14H2,1-2H3,(H,31,33,35)/b20-11-. The molecule has 7 nitrogen and oxygen atoms in total. The molecule has 4 amide bonds. The zero-order valence-electron chi connectivity index (χ0n) is 19.8. The van der Waals surface area contributed by atoms with E-state index >= 15 is 0 Å². The van der Waals surface area contributed by atoms with E-state index in [2.05, 4.69) is 37.2 Å². The van der Waals surface area contributed by atoms with Gasteiger partial charge in [0, 0.05) is 4.47 Å². The maximum absolute atomic E-state index is 13.5. The minimum Gasteiger partial charge on any atom is -0.490 e. The first kappa shape index (κ1) is 26.6. The van der Waals surface area contributed by atoms with E-state index in [1.165, 1.54) is 18.2 Å². The number of imide groups is 2. The molecule has 1 heterocycles. The highest BCUT2D eigenvalue weighted by Crippen LogP contribution is 2.38. The first-order valence-corrected chi connectivity index (χ1v) is 12.8. The van der Waals surface area contributed by atoms with Crippen molar-refractivity contribution in [3.05, 3.63) is 91.6 Å². The normalized spacial score (nSPS) is 14.7. The summed E-state index contributed by atoms with van der Waals surface area (Å²) in [6.45, 7) is 3.99. The number of urea groups is 1. The van der Waals surface area contributed by atoms with Crippen LogP contribution in [0, 0.1) is 12.7 Å². The summed E-state index contributed by atoms with van der Waals surface area (Å²) in [5.74, 6) is -1.18. The largest absolute Gasteiger partial charge is 0.490 e. The van der Waals surface area contributed by atoms with Crippen molar-refractivity contribution in [3.8, 4) is 11.5 Å². The number of aryl methyl sites for hydroxylation is 1. The van der Waals surface area contributed by atoms with Crippen molar-refractivity contribution in [2.75, 3.05) is 11.5 Å². The summed E-state index contributed by atoms with van der Waals surface area (Å²) in [6, 6.07) is 13.6. The van der Waals surface area contributed by atoms with Gasteiger partial charge >= 0.3 is 6.03 Å².